The topological polar surface area (TPSA) is 59.9 Å². The number of hydrogen-bond acceptors (Lipinski definition) is 5. The Morgan fingerprint density at radius 2 is 1.76 bits per heavy atom. The molecule has 3 aromatic heterocycles. The van der Waals surface area contributed by atoms with Crippen molar-refractivity contribution in [3.63, 3.8) is 0 Å². The van der Waals surface area contributed by atoms with E-state index in [-0.39, 0.29) is 17.0 Å². The largest absolute Gasteiger partial charge is 0.478 e. The van der Waals surface area contributed by atoms with E-state index in [1.165, 1.54) is 23.9 Å². The molecule has 170 valence electrons. The fraction of sp³-hybridized carbons (Fsp3) is 0.240. The summed E-state index contributed by atoms with van der Waals surface area (Å²) in [5.41, 5.74) is 2.04. The lowest BCUT2D eigenvalue weighted by Crippen LogP contribution is -2.09. The maximum absolute atomic E-state index is 13.5. The Balaban J connectivity index is 1.79. The molecule has 33 heavy (non-hydrogen) atoms. The van der Waals surface area contributed by atoms with Gasteiger partial charge in [0.25, 0.3) is 0 Å². The first-order valence-electron chi connectivity index (χ1n) is 10.6. The monoisotopic (exact) mass is 452 g/mol. The van der Waals surface area contributed by atoms with E-state index < -0.39 is 11.7 Å². The molecule has 0 amide bonds. The van der Waals surface area contributed by atoms with Gasteiger partial charge in [0.1, 0.15) is 5.69 Å². The molecule has 5 nitrogen and oxygen atoms in total. The van der Waals surface area contributed by atoms with Crippen LogP contribution < -0.4 is 10.1 Å². The van der Waals surface area contributed by atoms with Crippen molar-refractivity contribution in [2.75, 3.05) is 11.9 Å². The lowest BCUT2D eigenvalue weighted by molar-refractivity contribution is -0.137. The zero-order valence-corrected chi connectivity index (χ0v) is 18.4. The molecule has 0 aliphatic heterocycles. The first-order chi connectivity index (χ1) is 15.8. The van der Waals surface area contributed by atoms with Gasteiger partial charge in [0.05, 0.1) is 23.6 Å². The molecule has 1 N–H and O–H groups in total. The third-order valence-corrected chi connectivity index (χ3v) is 5.15. The van der Waals surface area contributed by atoms with Gasteiger partial charge < -0.3 is 10.1 Å². The number of halogens is 3. The highest BCUT2D eigenvalue weighted by atomic mass is 19.4. The van der Waals surface area contributed by atoms with E-state index >= 15 is 0 Å². The van der Waals surface area contributed by atoms with Crippen molar-refractivity contribution >= 4 is 22.4 Å². The maximum atomic E-state index is 13.5. The predicted molar refractivity (Wildman–Crippen MR) is 123 cm³/mol. The number of hydrogen-bond donors (Lipinski definition) is 1. The molecule has 1 aromatic carbocycles. The molecule has 3 heterocycles. The van der Waals surface area contributed by atoms with Gasteiger partial charge in [-0.3, -0.25) is 4.98 Å². The number of rotatable bonds is 6. The highest BCUT2D eigenvalue weighted by Crippen LogP contribution is 2.36. The Kier molecular flexibility index (Phi) is 6.18. The highest BCUT2D eigenvalue weighted by Gasteiger charge is 2.34. The normalized spacial score (nSPS) is 11.7. The van der Waals surface area contributed by atoms with E-state index in [4.69, 9.17) is 4.74 Å². The molecular formula is C25H23F3N4O. The Morgan fingerprint density at radius 1 is 1.00 bits per heavy atom. The number of alkyl halides is 3. The van der Waals surface area contributed by atoms with Crippen LogP contribution >= 0.6 is 0 Å². The summed E-state index contributed by atoms with van der Waals surface area (Å²) in [5, 5.41) is 4.00. The molecule has 0 spiro atoms. The predicted octanol–water partition coefficient (Wildman–Crippen LogP) is 6.98. The summed E-state index contributed by atoms with van der Waals surface area (Å²) in [6, 6.07) is 15.3. The quantitative estimate of drug-likeness (QED) is 0.342. The first kappa shape index (κ1) is 22.5. The van der Waals surface area contributed by atoms with E-state index in [1.807, 2.05) is 19.1 Å². The van der Waals surface area contributed by atoms with Crippen molar-refractivity contribution in [1.82, 2.24) is 15.0 Å². The second-order valence-electron chi connectivity index (χ2n) is 7.81. The lowest BCUT2D eigenvalue weighted by atomic mass is 10.0. The first-order valence-corrected chi connectivity index (χ1v) is 10.6. The minimum absolute atomic E-state index is 0.0869. The summed E-state index contributed by atoms with van der Waals surface area (Å²) < 4.78 is 46.0. The number of ether oxygens (including phenoxy) is 1. The van der Waals surface area contributed by atoms with Crippen LogP contribution in [-0.4, -0.2) is 21.6 Å². The zero-order chi connectivity index (χ0) is 23.6. The number of aromatic nitrogens is 3. The Bertz CT molecular complexity index is 1270. The van der Waals surface area contributed by atoms with Crippen molar-refractivity contribution in [2.24, 2.45) is 0 Å². The van der Waals surface area contributed by atoms with Crippen LogP contribution in [0.1, 0.15) is 37.8 Å². The van der Waals surface area contributed by atoms with E-state index in [9.17, 15) is 13.2 Å². The van der Waals surface area contributed by atoms with Gasteiger partial charge in [-0.1, -0.05) is 26.0 Å². The van der Waals surface area contributed by atoms with Gasteiger partial charge >= 0.3 is 6.18 Å². The summed E-state index contributed by atoms with van der Waals surface area (Å²) in [6.45, 7) is 6.47. The van der Waals surface area contributed by atoms with Crippen LogP contribution in [0.2, 0.25) is 0 Å². The van der Waals surface area contributed by atoms with Gasteiger partial charge in [-0.25, -0.2) is 4.98 Å². The van der Waals surface area contributed by atoms with Gasteiger partial charge in [0.15, 0.2) is 5.65 Å². The van der Waals surface area contributed by atoms with Crippen LogP contribution in [-0.2, 0) is 6.18 Å². The maximum Gasteiger partial charge on any atom is 0.418 e. The Hall–Kier alpha value is -3.68. The second kappa shape index (κ2) is 9.05. The zero-order valence-electron chi connectivity index (χ0n) is 18.4. The molecule has 0 fully saturated rings. The van der Waals surface area contributed by atoms with E-state index in [0.717, 1.165) is 11.8 Å². The molecule has 0 unspecified atom stereocenters. The molecule has 0 aliphatic carbocycles. The van der Waals surface area contributed by atoms with Gasteiger partial charge in [-0.15, -0.1) is 0 Å². The number of pyridine rings is 3. The summed E-state index contributed by atoms with van der Waals surface area (Å²) in [7, 11) is 0. The number of benzene rings is 1. The van der Waals surface area contributed by atoms with Crippen LogP contribution in [0.3, 0.4) is 0 Å². The van der Waals surface area contributed by atoms with E-state index in [0.29, 0.717) is 29.5 Å². The molecule has 4 aromatic rings. The standard InChI is InChI=1S/C25H23F3N4O/c1-4-33-22-14-21(30-17-9-7-16(8-10-17)15(2)3)18-11-12-20(31-24(18)32-22)23-19(25(26,27)28)6-5-13-29-23/h5-15H,4H2,1-3H3,(H,30,31,32). The summed E-state index contributed by atoms with van der Waals surface area (Å²) in [5.74, 6) is 0.745. The molecule has 0 saturated carbocycles. The highest BCUT2D eigenvalue weighted by molar-refractivity contribution is 5.92. The van der Waals surface area contributed by atoms with Gasteiger partial charge in [0, 0.05) is 23.3 Å². The molecule has 0 bridgehead atoms. The number of fused-ring (bicyclic) bond motifs is 1. The van der Waals surface area contributed by atoms with E-state index in [2.05, 4.69) is 46.2 Å². The summed E-state index contributed by atoms with van der Waals surface area (Å²) >= 11 is 0. The van der Waals surface area contributed by atoms with Crippen LogP contribution in [0.4, 0.5) is 24.5 Å². The number of anilines is 2. The van der Waals surface area contributed by atoms with Gasteiger partial charge in [0.2, 0.25) is 5.88 Å². The average molecular weight is 452 g/mol. The molecular weight excluding hydrogens is 429 g/mol. The van der Waals surface area contributed by atoms with Gasteiger partial charge in [-0.05, 0) is 54.8 Å². The molecule has 8 heteroatoms. The summed E-state index contributed by atoms with van der Waals surface area (Å²) in [4.78, 5) is 12.7. The average Bonchev–Trinajstić information content (AvgIpc) is 2.79. The fourth-order valence-corrected chi connectivity index (χ4v) is 3.48. The SMILES string of the molecule is CCOc1cc(Nc2ccc(C(C)C)cc2)c2ccc(-c3ncccc3C(F)(F)F)nc2n1. The molecule has 0 aliphatic rings. The van der Waals surface area contributed by atoms with Crippen molar-refractivity contribution < 1.29 is 17.9 Å². The number of nitrogens with zero attached hydrogens (tertiary/aromatic N) is 3. The molecule has 4 rings (SSSR count). The van der Waals surface area contributed by atoms with E-state index in [1.54, 1.807) is 12.1 Å². The minimum atomic E-state index is -4.55. The minimum Gasteiger partial charge on any atom is -0.478 e. The van der Waals surface area contributed by atoms with Crippen LogP contribution in [0.5, 0.6) is 5.88 Å². The van der Waals surface area contributed by atoms with Crippen LogP contribution in [0, 0.1) is 0 Å². The smallest absolute Gasteiger partial charge is 0.418 e. The second-order valence-corrected chi connectivity index (χ2v) is 7.81. The fourth-order valence-electron chi connectivity index (χ4n) is 3.48. The lowest BCUT2D eigenvalue weighted by Gasteiger charge is -2.14. The third kappa shape index (κ3) is 4.89. The van der Waals surface area contributed by atoms with Crippen LogP contribution in [0.25, 0.3) is 22.4 Å². The van der Waals surface area contributed by atoms with Crippen molar-refractivity contribution in [1.29, 1.82) is 0 Å². The number of nitrogens with one attached hydrogen (secondary N) is 1. The van der Waals surface area contributed by atoms with Crippen molar-refractivity contribution in [2.45, 2.75) is 32.9 Å². The molecule has 0 radical (unpaired) electrons. The summed E-state index contributed by atoms with van der Waals surface area (Å²) in [6.07, 6.45) is -3.23. The van der Waals surface area contributed by atoms with Crippen molar-refractivity contribution in [3.05, 3.63) is 71.9 Å². The molecule has 0 saturated heterocycles. The van der Waals surface area contributed by atoms with Crippen LogP contribution in [0.15, 0.2) is 60.8 Å². The van der Waals surface area contributed by atoms with Crippen molar-refractivity contribution in [3.8, 4) is 17.3 Å². The third-order valence-electron chi connectivity index (χ3n) is 5.15. The molecule has 0 atom stereocenters. The Labute approximate surface area is 189 Å². The Morgan fingerprint density at radius 3 is 2.42 bits per heavy atom. The van der Waals surface area contributed by atoms with Gasteiger partial charge in [-0.2, -0.15) is 18.2 Å².